The molecule has 2 aromatic rings. The van der Waals surface area contributed by atoms with Crippen LogP contribution < -0.4 is 5.73 Å². The molecule has 0 unspecified atom stereocenters. The lowest BCUT2D eigenvalue weighted by Gasteiger charge is -2.05. The van der Waals surface area contributed by atoms with Crippen LogP contribution in [0.25, 0.3) is 0 Å². The molecule has 1 heterocycles. The summed E-state index contributed by atoms with van der Waals surface area (Å²) in [5.41, 5.74) is 5.33. The predicted octanol–water partition coefficient (Wildman–Crippen LogP) is 2.79. The van der Waals surface area contributed by atoms with E-state index >= 15 is 0 Å². The van der Waals surface area contributed by atoms with Gasteiger partial charge in [0, 0.05) is 0 Å². The standard InChI is InChI=1S/C12H8F2N2O2S/c13-6-1-2-8(14)10(3-6)19-11-4-7(12(17)18)9(15)5-16-11/h1-5H,15H2,(H,17,18). The summed E-state index contributed by atoms with van der Waals surface area (Å²) in [6.45, 7) is 0. The van der Waals surface area contributed by atoms with E-state index in [0.717, 1.165) is 30.0 Å². The Balaban J connectivity index is 2.36. The molecule has 0 spiro atoms. The van der Waals surface area contributed by atoms with E-state index in [9.17, 15) is 13.6 Å². The SMILES string of the molecule is Nc1cnc(Sc2cc(F)ccc2F)cc1C(=O)O. The molecule has 0 bridgehead atoms. The van der Waals surface area contributed by atoms with Crippen LogP contribution in [0.4, 0.5) is 14.5 Å². The molecule has 3 N–H and O–H groups in total. The summed E-state index contributed by atoms with van der Waals surface area (Å²) >= 11 is 0.824. The molecule has 4 nitrogen and oxygen atoms in total. The lowest BCUT2D eigenvalue weighted by atomic mass is 10.2. The highest BCUT2D eigenvalue weighted by molar-refractivity contribution is 7.99. The summed E-state index contributed by atoms with van der Waals surface area (Å²) in [6.07, 6.45) is 1.17. The van der Waals surface area contributed by atoms with Crippen molar-refractivity contribution in [1.82, 2.24) is 4.98 Å². The molecule has 0 saturated heterocycles. The molecule has 0 atom stereocenters. The van der Waals surface area contributed by atoms with Gasteiger partial charge in [0.05, 0.1) is 22.3 Å². The number of anilines is 1. The van der Waals surface area contributed by atoms with Crippen molar-refractivity contribution < 1.29 is 18.7 Å². The van der Waals surface area contributed by atoms with Crippen molar-refractivity contribution in [1.29, 1.82) is 0 Å². The number of nitrogens with two attached hydrogens (primary N) is 1. The van der Waals surface area contributed by atoms with Crippen LogP contribution in [0.3, 0.4) is 0 Å². The fourth-order valence-corrected chi connectivity index (χ4v) is 2.20. The summed E-state index contributed by atoms with van der Waals surface area (Å²) in [5, 5.41) is 9.12. The van der Waals surface area contributed by atoms with Crippen molar-refractivity contribution in [3.8, 4) is 0 Å². The molecular weight excluding hydrogens is 274 g/mol. The Morgan fingerprint density at radius 1 is 1.32 bits per heavy atom. The number of nitrogens with zero attached hydrogens (tertiary/aromatic N) is 1. The summed E-state index contributed by atoms with van der Waals surface area (Å²) in [6, 6.07) is 4.22. The molecular formula is C12H8F2N2O2S. The number of rotatable bonds is 3. The van der Waals surface area contributed by atoms with Crippen LogP contribution >= 0.6 is 11.8 Å². The monoisotopic (exact) mass is 282 g/mol. The quantitative estimate of drug-likeness (QED) is 0.905. The number of benzene rings is 1. The van der Waals surface area contributed by atoms with Crippen molar-refractivity contribution in [2.45, 2.75) is 9.92 Å². The number of hydrogen-bond donors (Lipinski definition) is 2. The second-order valence-corrected chi connectivity index (χ2v) is 4.65. The third-order valence-corrected chi connectivity index (χ3v) is 3.21. The highest BCUT2D eigenvalue weighted by Gasteiger charge is 2.12. The van der Waals surface area contributed by atoms with Gasteiger partial charge in [-0.2, -0.15) is 0 Å². The van der Waals surface area contributed by atoms with Crippen LogP contribution in [0.15, 0.2) is 40.4 Å². The molecule has 0 saturated carbocycles. The molecule has 0 aliphatic heterocycles. The van der Waals surface area contributed by atoms with Crippen molar-refractivity contribution in [3.05, 3.63) is 47.7 Å². The molecule has 19 heavy (non-hydrogen) atoms. The molecule has 7 heteroatoms. The number of aromatic nitrogens is 1. The van der Waals surface area contributed by atoms with E-state index < -0.39 is 17.6 Å². The highest BCUT2D eigenvalue weighted by Crippen LogP contribution is 2.30. The Morgan fingerprint density at radius 3 is 2.74 bits per heavy atom. The third kappa shape index (κ3) is 3.00. The van der Waals surface area contributed by atoms with E-state index in [0.29, 0.717) is 0 Å². The number of aromatic carboxylic acids is 1. The van der Waals surface area contributed by atoms with Gasteiger partial charge in [0.1, 0.15) is 16.7 Å². The van der Waals surface area contributed by atoms with Gasteiger partial charge in [0.15, 0.2) is 0 Å². The number of carbonyl (C=O) groups is 1. The fourth-order valence-electron chi connectivity index (χ4n) is 1.36. The van der Waals surface area contributed by atoms with Gasteiger partial charge in [-0.25, -0.2) is 18.6 Å². The van der Waals surface area contributed by atoms with E-state index in [4.69, 9.17) is 10.8 Å². The van der Waals surface area contributed by atoms with E-state index in [1.807, 2.05) is 0 Å². The Labute approximate surface area is 111 Å². The highest BCUT2D eigenvalue weighted by atomic mass is 32.2. The molecule has 0 aliphatic carbocycles. The first-order valence-electron chi connectivity index (χ1n) is 5.09. The molecule has 0 fully saturated rings. The van der Waals surface area contributed by atoms with E-state index in [2.05, 4.69) is 4.98 Å². The van der Waals surface area contributed by atoms with Crippen molar-refractivity contribution in [3.63, 3.8) is 0 Å². The zero-order chi connectivity index (χ0) is 14.0. The Bertz CT molecular complexity index is 650. The van der Waals surface area contributed by atoms with Crippen LogP contribution in [0.1, 0.15) is 10.4 Å². The second kappa shape index (κ2) is 5.23. The fraction of sp³-hybridized carbons (Fsp3) is 0. The van der Waals surface area contributed by atoms with Gasteiger partial charge in [-0.15, -0.1) is 0 Å². The maximum absolute atomic E-state index is 13.4. The first kappa shape index (κ1) is 13.3. The Kier molecular flexibility index (Phi) is 3.66. The van der Waals surface area contributed by atoms with Crippen LogP contribution in [0.2, 0.25) is 0 Å². The summed E-state index contributed by atoms with van der Waals surface area (Å²) < 4.78 is 26.4. The minimum atomic E-state index is -1.21. The van der Waals surface area contributed by atoms with E-state index in [1.165, 1.54) is 12.3 Å². The zero-order valence-corrected chi connectivity index (χ0v) is 10.2. The smallest absolute Gasteiger partial charge is 0.337 e. The van der Waals surface area contributed by atoms with Gasteiger partial charge in [0.2, 0.25) is 0 Å². The average molecular weight is 282 g/mol. The van der Waals surface area contributed by atoms with Crippen molar-refractivity contribution in [2.24, 2.45) is 0 Å². The number of nitrogen functional groups attached to an aromatic ring is 1. The van der Waals surface area contributed by atoms with Gasteiger partial charge < -0.3 is 10.8 Å². The van der Waals surface area contributed by atoms with Gasteiger partial charge in [-0.05, 0) is 24.3 Å². The van der Waals surface area contributed by atoms with E-state index in [1.54, 1.807) is 0 Å². The average Bonchev–Trinajstić information content (AvgIpc) is 2.36. The first-order valence-corrected chi connectivity index (χ1v) is 5.90. The second-order valence-electron chi connectivity index (χ2n) is 3.59. The van der Waals surface area contributed by atoms with Gasteiger partial charge in [-0.3, -0.25) is 0 Å². The molecule has 1 aromatic heterocycles. The molecule has 98 valence electrons. The van der Waals surface area contributed by atoms with Crippen molar-refractivity contribution >= 4 is 23.4 Å². The van der Waals surface area contributed by atoms with Crippen LogP contribution in [0, 0.1) is 11.6 Å². The largest absolute Gasteiger partial charge is 0.478 e. The maximum atomic E-state index is 13.4. The summed E-state index contributed by atoms with van der Waals surface area (Å²) in [7, 11) is 0. The minimum absolute atomic E-state index is 0.0107. The molecule has 2 rings (SSSR count). The molecule has 0 aliphatic rings. The molecule has 0 radical (unpaired) electrons. The summed E-state index contributed by atoms with van der Waals surface area (Å²) in [4.78, 5) is 14.8. The normalized spacial score (nSPS) is 10.4. The van der Waals surface area contributed by atoms with Gasteiger partial charge >= 0.3 is 5.97 Å². The van der Waals surface area contributed by atoms with Crippen LogP contribution in [-0.4, -0.2) is 16.1 Å². The number of pyridine rings is 1. The van der Waals surface area contributed by atoms with Gasteiger partial charge in [-0.1, -0.05) is 11.8 Å². The van der Waals surface area contributed by atoms with Crippen molar-refractivity contribution in [2.75, 3.05) is 5.73 Å². The Hall–Kier alpha value is -2.15. The predicted molar refractivity (Wildman–Crippen MR) is 66.1 cm³/mol. The van der Waals surface area contributed by atoms with E-state index in [-0.39, 0.29) is 21.2 Å². The number of carboxylic acid groups (broad SMARTS) is 1. The Morgan fingerprint density at radius 2 is 2.05 bits per heavy atom. The molecule has 1 aromatic carbocycles. The van der Waals surface area contributed by atoms with Crippen LogP contribution in [0.5, 0.6) is 0 Å². The number of halogens is 2. The van der Waals surface area contributed by atoms with Crippen LogP contribution in [-0.2, 0) is 0 Å². The minimum Gasteiger partial charge on any atom is -0.478 e. The number of carboxylic acids is 1. The lowest BCUT2D eigenvalue weighted by molar-refractivity contribution is 0.0697. The topological polar surface area (TPSA) is 76.2 Å². The maximum Gasteiger partial charge on any atom is 0.337 e. The molecule has 0 amide bonds. The first-order chi connectivity index (χ1) is 8.97. The summed E-state index contributed by atoms with van der Waals surface area (Å²) in [5.74, 6) is -2.40. The third-order valence-electron chi connectivity index (χ3n) is 2.25. The zero-order valence-electron chi connectivity index (χ0n) is 9.43. The number of hydrogen-bond acceptors (Lipinski definition) is 4. The van der Waals surface area contributed by atoms with Gasteiger partial charge in [0.25, 0.3) is 0 Å². The lowest BCUT2D eigenvalue weighted by Crippen LogP contribution is -2.03.